The van der Waals surface area contributed by atoms with E-state index in [-0.39, 0.29) is 5.41 Å². The minimum atomic E-state index is -0.149. The highest BCUT2D eigenvalue weighted by Crippen LogP contribution is 2.33. The first-order chi connectivity index (χ1) is 8.72. The second-order valence-corrected chi connectivity index (χ2v) is 6.78. The number of carbonyl (C=O) groups is 1. The smallest absolute Gasteiger partial charge is 0.227 e. The average Bonchev–Trinajstić information content (AvgIpc) is 2.86. The zero-order valence-corrected chi connectivity index (χ0v) is 12.4. The standard InChI is InChI=1S/C14H26N2OS/c1-3-14(8-5-9-15-10-14)13(17)16-11-6-4-7-12(11)18-2/h11-12,15H,3-10H2,1-2H3,(H,16,17). The van der Waals surface area contributed by atoms with Crippen LogP contribution in [0.15, 0.2) is 0 Å². The minimum absolute atomic E-state index is 0.149. The number of rotatable bonds is 4. The Hall–Kier alpha value is -0.220. The number of nitrogens with one attached hydrogen (secondary N) is 2. The van der Waals surface area contributed by atoms with E-state index in [2.05, 4.69) is 23.8 Å². The molecule has 1 heterocycles. The number of thioether (sulfide) groups is 1. The van der Waals surface area contributed by atoms with E-state index in [4.69, 9.17) is 0 Å². The molecule has 104 valence electrons. The molecule has 2 N–H and O–H groups in total. The van der Waals surface area contributed by atoms with Crippen LogP contribution in [0.3, 0.4) is 0 Å². The monoisotopic (exact) mass is 270 g/mol. The van der Waals surface area contributed by atoms with Gasteiger partial charge in [0.1, 0.15) is 0 Å². The highest BCUT2D eigenvalue weighted by atomic mass is 32.2. The molecule has 4 heteroatoms. The van der Waals surface area contributed by atoms with Crippen LogP contribution in [0.4, 0.5) is 0 Å². The van der Waals surface area contributed by atoms with Crippen molar-refractivity contribution in [1.29, 1.82) is 0 Å². The maximum Gasteiger partial charge on any atom is 0.227 e. The van der Waals surface area contributed by atoms with Gasteiger partial charge < -0.3 is 10.6 Å². The Morgan fingerprint density at radius 2 is 2.28 bits per heavy atom. The largest absolute Gasteiger partial charge is 0.352 e. The molecule has 1 aliphatic heterocycles. The van der Waals surface area contributed by atoms with Crippen LogP contribution >= 0.6 is 11.8 Å². The van der Waals surface area contributed by atoms with Crippen LogP contribution in [0.5, 0.6) is 0 Å². The summed E-state index contributed by atoms with van der Waals surface area (Å²) in [5.41, 5.74) is -0.149. The van der Waals surface area contributed by atoms with Gasteiger partial charge in [0, 0.05) is 17.8 Å². The molecule has 2 fully saturated rings. The normalized spacial score (nSPS) is 36.6. The number of hydrogen-bond acceptors (Lipinski definition) is 3. The fourth-order valence-corrected chi connectivity index (χ4v) is 4.25. The van der Waals surface area contributed by atoms with E-state index in [0.29, 0.717) is 17.2 Å². The lowest BCUT2D eigenvalue weighted by Crippen LogP contribution is -2.53. The van der Waals surface area contributed by atoms with Crippen LogP contribution in [0, 0.1) is 5.41 Å². The van der Waals surface area contributed by atoms with Gasteiger partial charge in [-0.05, 0) is 44.9 Å². The second kappa shape index (κ2) is 6.29. The van der Waals surface area contributed by atoms with Crippen molar-refractivity contribution in [2.45, 2.75) is 56.7 Å². The molecule has 3 nitrogen and oxygen atoms in total. The number of piperidine rings is 1. The van der Waals surface area contributed by atoms with Crippen LogP contribution in [-0.2, 0) is 4.79 Å². The van der Waals surface area contributed by atoms with Crippen LogP contribution in [-0.4, -0.2) is 36.5 Å². The van der Waals surface area contributed by atoms with Crippen molar-refractivity contribution in [1.82, 2.24) is 10.6 Å². The molecular formula is C14H26N2OS. The van der Waals surface area contributed by atoms with Gasteiger partial charge >= 0.3 is 0 Å². The summed E-state index contributed by atoms with van der Waals surface area (Å²) < 4.78 is 0. The maximum atomic E-state index is 12.6. The molecule has 2 aliphatic rings. The molecule has 0 aromatic rings. The lowest BCUT2D eigenvalue weighted by atomic mass is 9.77. The van der Waals surface area contributed by atoms with Crippen molar-refractivity contribution >= 4 is 17.7 Å². The van der Waals surface area contributed by atoms with Gasteiger partial charge in [-0.15, -0.1) is 0 Å². The van der Waals surface area contributed by atoms with Crippen molar-refractivity contribution in [3.05, 3.63) is 0 Å². The topological polar surface area (TPSA) is 41.1 Å². The molecule has 1 aliphatic carbocycles. The molecule has 18 heavy (non-hydrogen) atoms. The minimum Gasteiger partial charge on any atom is -0.352 e. The fourth-order valence-electron chi connectivity index (χ4n) is 3.32. The van der Waals surface area contributed by atoms with Gasteiger partial charge in [-0.3, -0.25) is 4.79 Å². The molecule has 3 unspecified atom stereocenters. The summed E-state index contributed by atoms with van der Waals surface area (Å²) in [6.07, 6.45) is 8.94. The molecule has 1 saturated carbocycles. The lowest BCUT2D eigenvalue weighted by Gasteiger charge is -2.37. The predicted octanol–water partition coefficient (Wildman–Crippen LogP) is 2.17. The van der Waals surface area contributed by atoms with E-state index in [1.807, 2.05) is 11.8 Å². The first-order valence-corrected chi connectivity index (χ1v) is 8.55. The van der Waals surface area contributed by atoms with Crippen LogP contribution in [0.1, 0.15) is 45.4 Å². The van der Waals surface area contributed by atoms with E-state index >= 15 is 0 Å². The van der Waals surface area contributed by atoms with Gasteiger partial charge in [-0.25, -0.2) is 0 Å². The Balaban J connectivity index is 1.97. The molecule has 3 atom stereocenters. The Morgan fingerprint density at radius 1 is 1.44 bits per heavy atom. The number of amides is 1. The maximum absolute atomic E-state index is 12.6. The summed E-state index contributed by atoms with van der Waals surface area (Å²) in [7, 11) is 0. The van der Waals surface area contributed by atoms with E-state index < -0.39 is 0 Å². The van der Waals surface area contributed by atoms with Gasteiger partial charge in [0.15, 0.2) is 0 Å². The fraction of sp³-hybridized carbons (Fsp3) is 0.929. The molecule has 1 amide bonds. The molecule has 0 radical (unpaired) electrons. The molecule has 0 bridgehead atoms. The Morgan fingerprint density at radius 3 is 2.89 bits per heavy atom. The quantitative estimate of drug-likeness (QED) is 0.822. The average molecular weight is 270 g/mol. The molecule has 0 aromatic carbocycles. The lowest BCUT2D eigenvalue weighted by molar-refractivity contribution is -0.133. The van der Waals surface area contributed by atoms with Crippen molar-refractivity contribution < 1.29 is 4.79 Å². The molecule has 0 spiro atoms. The van der Waals surface area contributed by atoms with Gasteiger partial charge in [-0.1, -0.05) is 13.3 Å². The van der Waals surface area contributed by atoms with Crippen molar-refractivity contribution in [3.63, 3.8) is 0 Å². The third-order valence-electron chi connectivity index (χ3n) is 4.70. The first kappa shape index (κ1) is 14.2. The third-order valence-corrected chi connectivity index (χ3v) is 5.87. The summed E-state index contributed by atoms with van der Waals surface area (Å²) in [5.74, 6) is 0.295. The van der Waals surface area contributed by atoms with Gasteiger partial charge in [0.25, 0.3) is 0 Å². The summed E-state index contributed by atoms with van der Waals surface area (Å²) >= 11 is 1.91. The van der Waals surface area contributed by atoms with Crippen molar-refractivity contribution in [2.24, 2.45) is 5.41 Å². The summed E-state index contributed by atoms with van der Waals surface area (Å²) in [6, 6.07) is 0.401. The summed E-state index contributed by atoms with van der Waals surface area (Å²) in [5, 5.41) is 7.36. The van der Waals surface area contributed by atoms with E-state index in [9.17, 15) is 4.79 Å². The highest BCUT2D eigenvalue weighted by Gasteiger charge is 2.40. The highest BCUT2D eigenvalue weighted by molar-refractivity contribution is 7.99. The number of hydrogen-bond donors (Lipinski definition) is 2. The first-order valence-electron chi connectivity index (χ1n) is 7.26. The van der Waals surface area contributed by atoms with Crippen LogP contribution in [0.2, 0.25) is 0 Å². The van der Waals surface area contributed by atoms with Crippen molar-refractivity contribution in [3.8, 4) is 0 Å². The summed E-state index contributed by atoms with van der Waals surface area (Å²) in [6.45, 7) is 4.06. The molecule has 0 aromatic heterocycles. The third kappa shape index (κ3) is 2.85. The van der Waals surface area contributed by atoms with E-state index in [1.54, 1.807) is 0 Å². The number of carbonyl (C=O) groups excluding carboxylic acids is 1. The van der Waals surface area contributed by atoms with Crippen LogP contribution < -0.4 is 10.6 Å². The Labute approximate surface area is 115 Å². The Bertz CT molecular complexity index is 290. The SMILES string of the molecule is CCC1(C(=O)NC2CCCC2SC)CCCNC1. The van der Waals surface area contributed by atoms with Crippen molar-refractivity contribution in [2.75, 3.05) is 19.3 Å². The molecule has 2 rings (SSSR count). The second-order valence-electron chi connectivity index (χ2n) is 5.70. The zero-order chi connectivity index (χ0) is 13.0. The van der Waals surface area contributed by atoms with Gasteiger partial charge in [0.05, 0.1) is 5.41 Å². The molecular weight excluding hydrogens is 244 g/mol. The van der Waals surface area contributed by atoms with E-state index in [0.717, 1.165) is 38.8 Å². The van der Waals surface area contributed by atoms with Gasteiger partial charge in [-0.2, -0.15) is 11.8 Å². The molecule has 1 saturated heterocycles. The Kier molecular flexibility index (Phi) is 4.96. The zero-order valence-electron chi connectivity index (χ0n) is 11.6. The predicted molar refractivity (Wildman–Crippen MR) is 77.9 cm³/mol. The van der Waals surface area contributed by atoms with Gasteiger partial charge in [0.2, 0.25) is 5.91 Å². The van der Waals surface area contributed by atoms with E-state index in [1.165, 1.54) is 12.8 Å². The summed E-state index contributed by atoms with van der Waals surface area (Å²) in [4.78, 5) is 12.6. The van der Waals surface area contributed by atoms with Crippen LogP contribution in [0.25, 0.3) is 0 Å².